The van der Waals surface area contributed by atoms with Crippen LogP contribution in [0.15, 0.2) is 30.3 Å². The summed E-state index contributed by atoms with van der Waals surface area (Å²) in [6.45, 7) is 1.72. The molecule has 1 atom stereocenters. The lowest BCUT2D eigenvalue weighted by molar-refractivity contribution is -0.141. The summed E-state index contributed by atoms with van der Waals surface area (Å²) in [4.78, 5) is 10.9. The van der Waals surface area contributed by atoms with Gasteiger partial charge in [-0.15, -0.1) is 0 Å². The summed E-state index contributed by atoms with van der Waals surface area (Å²) in [6, 6.07) is 9.21. The van der Waals surface area contributed by atoms with E-state index in [9.17, 15) is 4.79 Å². The number of carboxylic acid groups (broad SMARTS) is 1. The maximum atomic E-state index is 10.9. The van der Waals surface area contributed by atoms with E-state index in [1.165, 1.54) is 0 Å². The van der Waals surface area contributed by atoms with Gasteiger partial charge in [-0.05, 0) is 19.1 Å². The maximum Gasteiger partial charge on any atom is 0.362 e. The molecule has 0 saturated carbocycles. The average Bonchev–Trinajstić information content (AvgIpc) is 2.18. The fraction of sp³-hybridized carbons (Fsp3) is 0.364. The monoisotopic (exact) mass is 194 g/mol. The van der Waals surface area contributed by atoms with Gasteiger partial charge in [0.25, 0.3) is 0 Å². The molecule has 0 aromatic heterocycles. The third kappa shape index (κ3) is 1.93. The van der Waals surface area contributed by atoms with Crippen LogP contribution in [0.3, 0.4) is 0 Å². The number of hydrogen-bond acceptors (Lipinski definition) is 1. The first kappa shape index (κ1) is 10.7. The molecule has 1 N–H and O–H groups in total. The molecular weight excluding hydrogens is 178 g/mol. The molecule has 0 aliphatic heterocycles. The largest absolute Gasteiger partial charge is 0.477 e. The Morgan fingerprint density at radius 3 is 2.21 bits per heavy atom. The fourth-order valence-corrected chi connectivity index (χ4v) is 1.31. The van der Waals surface area contributed by atoms with Crippen LogP contribution >= 0.6 is 0 Å². The average molecular weight is 194 g/mol. The number of nitrogens with zero attached hydrogens (tertiary/aromatic N) is 1. The van der Waals surface area contributed by atoms with Gasteiger partial charge in [0.2, 0.25) is 0 Å². The highest BCUT2D eigenvalue weighted by Gasteiger charge is 2.32. The van der Waals surface area contributed by atoms with Crippen LogP contribution in [0.5, 0.6) is 0 Å². The molecule has 0 aliphatic rings. The Balaban J connectivity index is 3.02. The SMILES string of the molecule is CC(C(=O)O)[N+](C)(C)c1ccccc1. The number of benzene rings is 1. The van der Waals surface area contributed by atoms with Crippen molar-refractivity contribution in [1.29, 1.82) is 0 Å². The zero-order valence-electron chi connectivity index (χ0n) is 8.77. The van der Waals surface area contributed by atoms with Crippen molar-refractivity contribution >= 4 is 11.7 Å². The molecule has 1 aromatic rings. The van der Waals surface area contributed by atoms with E-state index in [4.69, 9.17) is 5.11 Å². The molecule has 3 heteroatoms. The lowest BCUT2D eigenvalue weighted by Gasteiger charge is -2.32. The second-order valence-electron chi connectivity index (χ2n) is 3.89. The standard InChI is InChI=1S/C11H15NO2/c1-9(11(13)14)12(2,3)10-7-5-4-6-8-10/h4-9H,1-3H3/p+1. The minimum atomic E-state index is -0.779. The molecule has 0 bridgehead atoms. The van der Waals surface area contributed by atoms with Gasteiger partial charge in [-0.1, -0.05) is 18.2 Å². The minimum Gasteiger partial charge on any atom is -0.477 e. The lowest BCUT2D eigenvalue weighted by Crippen LogP contribution is -2.52. The summed E-state index contributed by atoms with van der Waals surface area (Å²) >= 11 is 0. The molecule has 3 nitrogen and oxygen atoms in total. The van der Waals surface area contributed by atoms with E-state index < -0.39 is 12.0 Å². The van der Waals surface area contributed by atoms with Gasteiger partial charge in [0.15, 0.2) is 6.04 Å². The van der Waals surface area contributed by atoms with Gasteiger partial charge < -0.3 is 5.11 Å². The van der Waals surface area contributed by atoms with Crippen molar-refractivity contribution in [2.24, 2.45) is 0 Å². The van der Waals surface area contributed by atoms with E-state index in [1.54, 1.807) is 6.92 Å². The Morgan fingerprint density at radius 1 is 1.29 bits per heavy atom. The predicted octanol–water partition coefficient (Wildman–Crippen LogP) is 1.73. The second kappa shape index (κ2) is 3.80. The van der Waals surface area contributed by atoms with Crippen LogP contribution in [0.2, 0.25) is 0 Å². The van der Waals surface area contributed by atoms with Crippen LogP contribution in [-0.4, -0.2) is 31.2 Å². The Bertz CT molecular complexity index is 319. The Kier molecular flexibility index (Phi) is 2.91. The van der Waals surface area contributed by atoms with Crippen LogP contribution in [-0.2, 0) is 4.79 Å². The van der Waals surface area contributed by atoms with E-state index in [0.717, 1.165) is 5.69 Å². The highest BCUT2D eigenvalue weighted by atomic mass is 16.4. The van der Waals surface area contributed by atoms with Gasteiger partial charge in [-0.2, -0.15) is 0 Å². The molecule has 0 aliphatic carbocycles. The van der Waals surface area contributed by atoms with Crippen LogP contribution in [0.25, 0.3) is 0 Å². The number of quaternary nitrogens is 1. The van der Waals surface area contributed by atoms with Crippen molar-refractivity contribution in [3.8, 4) is 0 Å². The molecule has 1 unspecified atom stereocenters. The van der Waals surface area contributed by atoms with Gasteiger partial charge >= 0.3 is 5.97 Å². The van der Waals surface area contributed by atoms with Crippen molar-refractivity contribution in [2.45, 2.75) is 13.0 Å². The zero-order valence-corrected chi connectivity index (χ0v) is 8.77. The third-order valence-electron chi connectivity index (χ3n) is 2.75. The van der Waals surface area contributed by atoms with Gasteiger partial charge in [0.1, 0.15) is 5.69 Å². The molecule has 0 saturated heterocycles. The Morgan fingerprint density at radius 2 is 1.79 bits per heavy atom. The quantitative estimate of drug-likeness (QED) is 0.744. The van der Waals surface area contributed by atoms with Gasteiger partial charge in [0, 0.05) is 0 Å². The Hall–Kier alpha value is -1.35. The van der Waals surface area contributed by atoms with Crippen molar-refractivity contribution in [1.82, 2.24) is 4.48 Å². The fourth-order valence-electron chi connectivity index (χ4n) is 1.31. The summed E-state index contributed by atoms with van der Waals surface area (Å²) < 4.78 is 0.357. The second-order valence-corrected chi connectivity index (χ2v) is 3.89. The molecule has 0 amide bonds. The molecule has 0 radical (unpaired) electrons. The van der Waals surface area contributed by atoms with Crippen LogP contribution in [0.1, 0.15) is 6.92 Å². The summed E-state index contributed by atoms with van der Waals surface area (Å²) in [5.41, 5.74) is 1.00. The molecule has 14 heavy (non-hydrogen) atoms. The smallest absolute Gasteiger partial charge is 0.362 e. The van der Waals surface area contributed by atoms with Crippen LogP contribution < -0.4 is 4.48 Å². The van der Waals surface area contributed by atoms with E-state index in [2.05, 4.69) is 0 Å². The van der Waals surface area contributed by atoms with Crippen molar-refractivity contribution in [3.05, 3.63) is 30.3 Å². The van der Waals surface area contributed by atoms with Crippen LogP contribution in [0.4, 0.5) is 5.69 Å². The van der Waals surface area contributed by atoms with Crippen molar-refractivity contribution in [3.63, 3.8) is 0 Å². The van der Waals surface area contributed by atoms with E-state index in [-0.39, 0.29) is 0 Å². The molecule has 1 aromatic carbocycles. The van der Waals surface area contributed by atoms with E-state index in [1.807, 2.05) is 44.4 Å². The summed E-state index contributed by atoms with van der Waals surface area (Å²) in [5.74, 6) is -0.779. The molecule has 0 heterocycles. The normalized spacial score (nSPS) is 13.6. The number of carbonyl (C=O) groups is 1. The highest BCUT2D eigenvalue weighted by Crippen LogP contribution is 2.21. The first-order valence-electron chi connectivity index (χ1n) is 4.58. The predicted molar refractivity (Wildman–Crippen MR) is 57.2 cm³/mol. The van der Waals surface area contributed by atoms with E-state index in [0.29, 0.717) is 4.48 Å². The number of likely N-dealkylation sites (N-methyl/N-ethyl adjacent to an activating group) is 1. The topological polar surface area (TPSA) is 37.3 Å². The first-order chi connectivity index (χ1) is 6.46. The van der Waals surface area contributed by atoms with Crippen molar-refractivity contribution < 1.29 is 9.90 Å². The minimum absolute atomic E-state index is 0.357. The van der Waals surface area contributed by atoms with E-state index >= 15 is 0 Å². The van der Waals surface area contributed by atoms with Crippen molar-refractivity contribution in [2.75, 3.05) is 14.1 Å². The lowest BCUT2D eigenvalue weighted by atomic mass is 10.2. The number of para-hydroxylation sites is 1. The van der Waals surface area contributed by atoms with Gasteiger partial charge in [-0.3, -0.25) is 4.48 Å². The number of carboxylic acids is 1. The summed E-state index contributed by atoms with van der Waals surface area (Å²) in [5, 5.41) is 8.96. The van der Waals surface area contributed by atoms with Gasteiger partial charge in [0.05, 0.1) is 14.1 Å². The summed E-state index contributed by atoms with van der Waals surface area (Å²) in [7, 11) is 3.79. The van der Waals surface area contributed by atoms with Gasteiger partial charge in [-0.25, -0.2) is 4.79 Å². The third-order valence-corrected chi connectivity index (χ3v) is 2.75. The maximum absolute atomic E-state index is 10.9. The number of rotatable bonds is 3. The summed E-state index contributed by atoms with van der Waals surface area (Å²) in [6.07, 6.45) is 0. The Labute approximate surface area is 84.2 Å². The molecule has 0 spiro atoms. The molecule has 76 valence electrons. The van der Waals surface area contributed by atoms with Crippen LogP contribution in [0, 0.1) is 0 Å². The molecule has 1 rings (SSSR count). The number of hydrogen-bond donors (Lipinski definition) is 1. The number of aliphatic carboxylic acids is 1. The zero-order chi connectivity index (χ0) is 10.8. The molecule has 0 fully saturated rings. The molecular formula is C11H16NO2+. The highest BCUT2D eigenvalue weighted by molar-refractivity contribution is 5.75. The first-order valence-corrected chi connectivity index (χ1v) is 4.58.